The third kappa shape index (κ3) is 3.51. The number of hydrogen-bond donors (Lipinski definition) is 2. The molecule has 102 valence electrons. The fourth-order valence-electron chi connectivity index (χ4n) is 1.77. The molecule has 0 spiro atoms. The summed E-state index contributed by atoms with van der Waals surface area (Å²) in [5, 5.41) is 0. The largest absolute Gasteiger partial charge is 0.325 e. The predicted molar refractivity (Wildman–Crippen MR) is 71.4 cm³/mol. The minimum atomic E-state index is -3.55. The van der Waals surface area contributed by atoms with Crippen molar-refractivity contribution in [2.45, 2.75) is 44.7 Å². The summed E-state index contributed by atoms with van der Waals surface area (Å²) in [5.74, 6) is 0.239. The molecule has 0 bridgehead atoms. The fourth-order valence-corrected chi connectivity index (χ4v) is 3.44. The van der Waals surface area contributed by atoms with Gasteiger partial charge in [-0.25, -0.2) is 13.1 Å². The Balaban J connectivity index is 3.06. The number of nitrogens with two attached hydrogens (primary N) is 1. The average molecular weight is 271 g/mol. The Hall–Kier alpha value is -0.980. The van der Waals surface area contributed by atoms with Crippen molar-refractivity contribution in [2.24, 2.45) is 11.7 Å². The van der Waals surface area contributed by atoms with E-state index in [4.69, 9.17) is 5.73 Å². The van der Waals surface area contributed by atoms with Crippen LogP contribution in [0.25, 0.3) is 0 Å². The molecular formula is C12H21N3O2S. The second-order valence-corrected chi connectivity index (χ2v) is 6.21. The molecule has 1 rings (SSSR count). The first kappa shape index (κ1) is 15.1. The van der Waals surface area contributed by atoms with Gasteiger partial charge in [-0.05, 0) is 24.5 Å². The highest BCUT2D eigenvalue weighted by molar-refractivity contribution is 7.89. The summed E-state index contributed by atoms with van der Waals surface area (Å²) in [6.07, 6.45) is 2.29. The molecule has 0 aliphatic carbocycles. The zero-order valence-corrected chi connectivity index (χ0v) is 11.9. The first-order chi connectivity index (χ1) is 8.42. The van der Waals surface area contributed by atoms with Gasteiger partial charge in [0.05, 0.1) is 5.69 Å². The van der Waals surface area contributed by atoms with Crippen molar-refractivity contribution >= 4 is 10.0 Å². The van der Waals surface area contributed by atoms with Crippen molar-refractivity contribution in [3.8, 4) is 0 Å². The van der Waals surface area contributed by atoms with Crippen molar-refractivity contribution in [1.29, 1.82) is 0 Å². The molecule has 1 aromatic heterocycles. The molecule has 0 aromatic carbocycles. The van der Waals surface area contributed by atoms with E-state index in [1.807, 2.05) is 20.8 Å². The maximum Gasteiger partial charge on any atom is 0.242 e. The highest BCUT2D eigenvalue weighted by Crippen LogP contribution is 2.15. The molecule has 0 saturated heterocycles. The van der Waals surface area contributed by atoms with Crippen molar-refractivity contribution in [1.82, 2.24) is 9.71 Å². The van der Waals surface area contributed by atoms with Gasteiger partial charge in [0.25, 0.3) is 0 Å². The lowest BCUT2D eigenvalue weighted by atomic mass is 10.0. The summed E-state index contributed by atoms with van der Waals surface area (Å²) in [6, 6.07) is 3.05. The van der Waals surface area contributed by atoms with Crippen LogP contribution < -0.4 is 10.5 Å². The Morgan fingerprint density at radius 2 is 2.11 bits per heavy atom. The molecule has 5 nitrogen and oxygen atoms in total. The van der Waals surface area contributed by atoms with Gasteiger partial charge in [-0.1, -0.05) is 20.8 Å². The van der Waals surface area contributed by atoms with Crippen LogP contribution in [0, 0.1) is 5.92 Å². The Bertz CT molecular complexity index is 486. The van der Waals surface area contributed by atoms with Gasteiger partial charge in [-0.2, -0.15) is 0 Å². The normalized spacial score (nSPS) is 13.8. The van der Waals surface area contributed by atoms with Gasteiger partial charge < -0.3 is 5.73 Å². The van der Waals surface area contributed by atoms with E-state index in [2.05, 4.69) is 9.71 Å². The fraction of sp³-hybridized carbons (Fsp3) is 0.583. The maximum atomic E-state index is 12.3. The molecular weight excluding hydrogens is 250 g/mol. The quantitative estimate of drug-likeness (QED) is 0.815. The summed E-state index contributed by atoms with van der Waals surface area (Å²) in [4.78, 5) is 4.17. The zero-order valence-electron chi connectivity index (χ0n) is 11.1. The van der Waals surface area contributed by atoms with Crippen molar-refractivity contribution in [2.75, 3.05) is 0 Å². The van der Waals surface area contributed by atoms with E-state index in [0.29, 0.717) is 5.69 Å². The highest BCUT2D eigenvalue weighted by atomic mass is 32.2. The lowest BCUT2D eigenvalue weighted by Crippen LogP contribution is -2.38. The van der Waals surface area contributed by atoms with Gasteiger partial charge in [-0.15, -0.1) is 0 Å². The van der Waals surface area contributed by atoms with E-state index in [1.165, 1.54) is 6.07 Å². The Morgan fingerprint density at radius 1 is 1.44 bits per heavy atom. The van der Waals surface area contributed by atoms with Crippen LogP contribution in [0.1, 0.15) is 32.9 Å². The highest BCUT2D eigenvalue weighted by Gasteiger charge is 2.23. The molecule has 18 heavy (non-hydrogen) atoms. The third-order valence-corrected chi connectivity index (χ3v) is 4.45. The Morgan fingerprint density at radius 3 is 2.61 bits per heavy atom. The van der Waals surface area contributed by atoms with E-state index in [1.54, 1.807) is 12.3 Å². The smallest absolute Gasteiger partial charge is 0.242 e. The summed E-state index contributed by atoms with van der Waals surface area (Å²) < 4.78 is 27.3. The lowest BCUT2D eigenvalue weighted by Gasteiger charge is -2.21. The number of nitrogens with zero attached hydrogens (tertiary/aromatic N) is 1. The van der Waals surface area contributed by atoms with E-state index in [9.17, 15) is 8.42 Å². The first-order valence-electron chi connectivity index (χ1n) is 6.08. The van der Waals surface area contributed by atoms with Crippen LogP contribution in [-0.4, -0.2) is 19.4 Å². The molecule has 1 atom stereocenters. The average Bonchev–Trinajstić information content (AvgIpc) is 2.35. The molecule has 0 amide bonds. The first-order valence-corrected chi connectivity index (χ1v) is 7.57. The van der Waals surface area contributed by atoms with Crippen LogP contribution in [0.2, 0.25) is 0 Å². The van der Waals surface area contributed by atoms with E-state index >= 15 is 0 Å². The number of aromatic nitrogens is 1. The van der Waals surface area contributed by atoms with Gasteiger partial charge in [0.15, 0.2) is 0 Å². The predicted octanol–water partition coefficient (Wildman–Crippen LogP) is 1.25. The standard InChI is InChI=1S/C12H21N3O2S/c1-4-10(9(2)3)15-18(16,17)12-6-5-7-14-11(12)8-13/h5-7,9-10,15H,4,8,13H2,1-3H3. The number of rotatable bonds is 6. The molecule has 0 radical (unpaired) electrons. The monoisotopic (exact) mass is 271 g/mol. The molecule has 6 heteroatoms. The second kappa shape index (κ2) is 6.26. The van der Waals surface area contributed by atoms with E-state index in [0.717, 1.165) is 6.42 Å². The van der Waals surface area contributed by atoms with Gasteiger partial charge in [0, 0.05) is 18.8 Å². The third-order valence-electron chi connectivity index (χ3n) is 2.88. The molecule has 1 aromatic rings. The summed E-state index contributed by atoms with van der Waals surface area (Å²) in [6.45, 7) is 6.05. The van der Waals surface area contributed by atoms with Gasteiger partial charge in [0.2, 0.25) is 10.0 Å². The molecule has 1 heterocycles. The van der Waals surface area contributed by atoms with Crippen molar-refractivity contribution in [3.63, 3.8) is 0 Å². The minimum Gasteiger partial charge on any atom is -0.325 e. The Labute approximate surface area is 109 Å². The van der Waals surface area contributed by atoms with Gasteiger partial charge >= 0.3 is 0 Å². The van der Waals surface area contributed by atoms with Crippen molar-refractivity contribution < 1.29 is 8.42 Å². The Kier molecular flexibility index (Phi) is 5.25. The molecule has 1 unspecified atom stereocenters. The summed E-state index contributed by atoms with van der Waals surface area (Å²) in [7, 11) is -3.55. The zero-order chi connectivity index (χ0) is 13.8. The topological polar surface area (TPSA) is 85.1 Å². The van der Waals surface area contributed by atoms with E-state index < -0.39 is 10.0 Å². The van der Waals surface area contributed by atoms with Gasteiger partial charge in [0.1, 0.15) is 4.90 Å². The van der Waals surface area contributed by atoms with Crippen LogP contribution in [0.4, 0.5) is 0 Å². The molecule has 0 saturated carbocycles. The maximum absolute atomic E-state index is 12.3. The number of hydrogen-bond acceptors (Lipinski definition) is 4. The van der Waals surface area contributed by atoms with Crippen LogP contribution in [-0.2, 0) is 16.6 Å². The van der Waals surface area contributed by atoms with Crippen LogP contribution in [0.3, 0.4) is 0 Å². The minimum absolute atomic E-state index is 0.0826. The molecule has 3 N–H and O–H groups in total. The summed E-state index contributed by atoms with van der Waals surface area (Å²) in [5.41, 5.74) is 5.91. The molecule has 0 fully saturated rings. The second-order valence-electron chi connectivity index (χ2n) is 4.53. The van der Waals surface area contributed by atoms with Gasteiger partial charge in [-0.3, -0.25) is 4.98 Å². The number of pyridine rings is 1. The van der Waals surface area contributed by atoms with Crippen LogP contribution in [0.15, 0.2) is 23.2 Å². The lowest BCUT2D eigenvalue weighted by molar-refractivity contribution is 0.437. The van der Waals surface area contributed by atoms with Crippen LogP contribution in [0.5, 0.6) is 0 Å². The SMILES string of the molecule is CCC(NS(=O)(=O)c1cccnc1CN)C(C)C. The molecule has 0 aliphatic heterocycles. The summed E-state index contributed by atoms with van der Waals surface area (Å²) >= 11 is 0. The van der Waals surface area contributed by atoms with E-state index in [-0.39, 0.29) is 23.4 Å². The van der Waals surface area contributed by atoms with Crippen molar-refractivity contribution in [3.05, 3.63) is 24.0 Å². The van der Waals surface area contributed by atoms with Crippen LogP contribution >= 0.6 is 0 Å². The number of sulfonamides is 1. The number of nitrogens with one attached hydrogen (secondary N) is 1. The molecule has 0 aliphatic rings.